The number of nitrogens with zero attached hydrogens (tertiary/aromatic N) is 1. The first-order valence-corrected chi connectivity index (χ1v) is 9.96. The summed E-state index contributed by atoms with van der Waals surface area (Å²) in [5.74, 6) is 0.543. The highest BCUT2D eigenvalue weighted by Gasteiger charge is 2.13. The fourth-order valence-corrected chi connectivity index (χ4v) is 3.56. The highest BCUT2D eigenvalue weighted by molar-refractivity contribution is 7.80. The minimum atomic E-state index is 0.543. The van der Waals surface area contributed by atoms with Crippen molar-refractivity contribution in [3.8, 4) is 0 Å². The van der Waals surface area contributed by atoms with Gasteiger partial charge in [-0.15, -0.1) is 0 Å². The normalized spacial score (nSPS) is 14.6. The standard InChI is InChI=1S/C22H29N3S/c1-17(2)18-9-11-21(12-10-18)24-22(26)23-15-19-7-3-4-8-20(19)16-25-13-5-6-14-25/h3-4,7-12,17H,5-6,13-16H2,1-2H3,(H2,23,24,26). The third-order valence-electron chi connectivity index (χ3n) is 4.99. The van der Waals surface area contributed by atoms with Gasteiger partial charge in [-0.25, -0.2) is 0 Å². The van der Waals surface area contributed by atoms with Crippen LogP contribution in [-0.2, 0) is 13.1 Å². The van der Waals surface area contributed by atoms with Crippen LogP contribution in [0, 0.1) is 0 Å². The van der Waals surface area contributed by atoms with Gasteiger partial charge < -0.3 is 10.6 Å². The van der Waals surface area contributed by atoms with Gasteiger partial charge in [-0.1, -0.05) is 50.2 Å². The molecule has 4 heteroatoms. The molecule has 138 valence electrons. The number of rotatable bonds is 6. The van der Waals surface area contributed by atoms with Gasteiger partial charge in [-0.05, 0) is 72.9 Å². The van der Waals surface area contributed by atoms with Crippen molar-refractivity contribution < 1.29 is 0 Å². The summed E-state index contributed by atoms with van der Waals surface area (Å²) in [6.45, 7) is 8.62. The molecule has 0 aromatic heterocycles. The van der Waals surface area contributed by atoms with Gasteiger partial charge in [0.15, 0.2) is 5.11 Å². The Balaban J connectivity index is 1.54. The summed E-state index contributed by atoms with van der Waals surface area (Å²) in [6.07, 6.45) is 2.65. The van der Waals surface area contributed by atoms with E-state index < -0.39 is 0 Å². The minimum absolute atomic E-state index is 0.543. The molecule has 2 aromatic carbocycles. The minimum Gasteiger partial charge on any atom is -0.358 e. The number of likely N-dealkylation sites (tertiary alicyclic amines) is 1. The first-order valence-electron chi connectivity index (χ1n) is 9.56. The molecule has 3 nitrogen and oxygen atoms in total. The van der Waals surface area contributed by atoms with Crippen molar-refractivity contribution in [1.82, 2.24) is 10.2 Å². The van der Waals surface area contributed by atoms with E-state index >= 15 is 0 Å². The molecule has 2 N–H and O–H groups in total. The predicted octanol–water partition coefficient (Wildman–Crippen LogP) is 4.89. The molecule has 1 heterocycles. The van der Waals surface area contributed by atoms with E-state index in [0.29, 0.717) is 11.0 Å². The number of hydrogen-bond donors (Lipinski definition) is 2. The van der Waals surface area contributed by atoms with Crippen LogP contribution < -0.4 is 10.6 Å². The lowest BCUT2D eigenvalue weighted by Gasteiger charge is -2.18. The molecule has 0 saturated carbocycles. The lowest BCUT2D eigenvalue weighted by molar-refractivity contribution is 0.330. The maximum atomic E-state index is 5.47. The van der Waals surface area contributed by atoms with Crippen LogP contribution in [0.15, 0.2) is 48.5 Å². The molecule has 0 aliphatic carbocycles. The lowest BCUT2D eigenvalue weighted by atomic mass is 10.0. The predicted molar refractivity (Wildman–Crippen MR) is 115 cm³/mol. The molecular weight excluding hydrogens is 338 g/mol. The van der Waals surface area contributed by atoms with Crippen molar-refractivity contribution in [3.05, 3.63) is 65.2 Å². The van der Waals surface area contributed by atoms with Gasteiger partial charge in [0, 0.05) is 18.8 Å². The topological polar surface area (TPSA) is 27.3 Å². The molecule has 2 aromatic rings. The molecule has 0 amide bonds. The van der Waals surface area contributed by atoms with E-state index in [9.17, 15) is 0 Å². The van der Waals surface area contributed by atoms with E-state index in [4.69, 9.17) is 12.2 Å². The van der Waals surface area contributed by atoms with Gasteiger partial charge in [-0.3, -0.25) is 4.90 Å². The largest absolute Gasteiger partial charge is 0.358 e. The van der Waals surface area contributed by atoms with Crippen molar-refractivity contribution in [2.45, 2.75) is 45.7 Å². The monoisotopic (exact) mass is 367 g/mol. The maximum absolute atomic E-state index is 5.47. The Morgan fingerprint density at radius 3 is 2.31 bits per heavy atom. The molecule has 0 atom stereocenters. The summed E-state index contributed by atoms with van der Waals surface area (Å²) < 4.78 is 0. The number of nitrogens with one attached hydrogen (secondary N) is 2. The zero-order valence-electron chi connectivity index (χ0n) is 15.8. The second-order valence-electron chi connectivity index (χ2n) is 7.34. The Bertz CT molecular complexity index is 718. The molecule has 1 aliphatic rings. The fraction of sp³-hybridized carbons (Fsp3) is 0.409. The van der Waals surface area contributed by atoms with Gasteiger partial charge in [0.2, 0.25) is 0 Å². The van der Waals surface area contributed by atoms with E-state index in [-0.39, 0.29) is 0 Å². The zero-order valence-corrected chi connectivity index (χ0v) is 16.6. The third-order valence-corrected chi connectivity index (χ3v) is 5.23. The summed E-state index contributed by atoms with van der Waals surface area (Å²) in [5, 5.41) is 7.30. The molecule has 1 aliphatic heterocycles. The maximum Gasteiger partial charge on any atom is 0.171 e. The Morgan fingerprint density at radius 2 is 1.65 bits per heavy atom. The second kappa shape index (κ2) is 9.15. The molecule has 1 fully saturated rings. The van der Waals surface area contributed by atoms with E-state index in [1.165, 1.54) is 42.6 Å². The summed E-state index contributed by atoms with van der Waals surface area (Å²) in [6, 6.07) is 17.1. The summed E-state index contributed by atoms with van der Waals surface area (Å²) >= 11 is 5.47. The number of anilines is 1. The third kappa shape index (κ3) is 5.29. The Hall–Kier alpha value is -1.91. The van der Waals surface area contributed by atoms with Crippen LogP contribution in [0.25, 0.3) is 0 Å². The molecule has 0 bridgehead atoms. The van der Waals surface area contributed by atoms with E-state index in [0.717, 1.165) is 18.8 Å². The van der Waals surface area contributed by atoms with Gasteiger partial charge in [0.25, 0.3) is 0 Å². The highest BCUT2D eigenvalue weighted by Crippen LogP contribution is 2.18. The van der Waals surface area contributed by atoms with Crippen molar-refractivity contribution in [2.24, 2.45) is 0 Å². The molecule has 0 spiro atoms. The zero-order chi connectivity index (χ0) is 18.4. The van der Waals surface area contributed by atoms with Gasteiger partial charge in [0.1, 0.15) is 0 Å². The second-order valence-corrected chi connectivity index (χ2v) is 7.74. The van der Waals surface area contributed by atoms with Crippen LogP contribution in [-0.4, -0.2) is 23.1 Å². The quantitative estimate of drug-likeness (QED) is 0.711. The van der Waals surface area contributed by atoms with Crippen LogP contribution in [0.2, 0.25) is 0 Å². The smallest absolute Gasteiger partial charge is 0.171 e. The SMILES string of the molecule is CC(C)c1ccc(NC(=S)NCc2ccccc2CN2CCCC2)cc1. The molecular formula is C22H29N3S. The van der Waals surface area contributed by atoms with Crippen molar-refractivity contribution >= 4 is 23.0 Å². The van der Waals surface area contributed by atoms with Gasteiger partial charge >= 0.3 is 0 Å². The number of thiocarbonyl (C=S) groups is 1. The first kappa shape index (κ1) is 18.9. The molecule has 0 unspecified atom stereocenters. The van der Waals surface area contributed by atoms with E-state index in [1.54, 1.807) is 0 Å². The van der Waals surface area contributed by atoms with Crippen LogP contribution in [0.5, 0.6) is 0 Å². The Kier molecular flexibility index (Phi) is 6.64. The van der Waals surface area contributed by atoms with E-state index in [1.807, 2.05) is 0 Å². The molecule has 1 saturated heterocycles. The van der Waals surface area contributed by atoms with Crippen LogP contribution in [0.4, 0.5) is 5.69 Å². The van der Waals surface area contributed by atoms with Crippen LogP contribution in [0.3, 0.4) is 0 Å². The van der Waals surface area contributed by atoms with Gasteiger partial charge in [-0.2, -0.15) is 0 Å². The highest BCUT2D eigenvalue weighted by atomic mass is 32.1. The summed E-state index contributed by atoms with van der Waals surface area (Å²) in [7, 11) is 0. The Labute approximate surface area is 162 Å². The van der Waals surface area contributed by atoms with Crippen LogP contribution >= 0.6 is 12.2 Å². The van der Waals surface area contributed by atoms with Crippen molar-refractivity contribution in [2.75, 3.05) is 18.4 Å². The lowest BCUT2D eigenvalue weighted by Crippen LogP contribution is -2.28. The average Bonchev–Trinajstić information content (AvgIpc) is 3.14. The summed E-state index contributed by atoms with van der Waals surface area (Å²) in [4.78, 5) is 2.53. The molecule has 3 rings (SSSR count). The molecule has 26 heavy (non-hydrogen) atoms. The number of hydrogen-bond acceptors (Lipinski definition) is 2. The average molecular weight is 368 g/mol. The van der Waals surface area contributed by atoms with Crippen molar-refractivity contribution in [1.29, 1.82) is 0 Å². The fourth-order valence-electron chi connectivity index (χ4n) is 3.37. The Morgan fingerprint density at radius 1 is 1.00 bits per heavy atom. The number of benzene rings is 2. The summed E-state index contributed by atoms with van der Waals surface area (Å²) in [5.41, 5.74) is 5.08. The molecule has 0 radical (unpaired) electrons. The van der Waals surface area contributed by atoms with Gasteiger partial charge in [0.05, 0.1) is 0 Å². The van der Waals surface area contributed by atoms with Crippen LogP contribution in [0.1, 0.15) is 49.3 Å². The first-order chi connectivity index (χ1) is 12.6. The van der Waals surface area contributed by atoms with Crippen molar-refractivity contribution in [3.63, 3.8) is 0 Å². The van der Waals surface area contributed by atoms with E-state index in [2.05, 4.69) is 77.9 Å².